The van der Waals surface area contributed by atoms with Crippen LogP contribution in [0, 0.1) is 5.92 Å². The fourth-order valence-electron chi connectivity index (χ4n) is 2.66. The smallest absolute Gasteiger partial charge is 0.251 e. The summed E-state index contributed by atoms with van der Waals surface area (Å²) in [6, 6.07) is 9.02. The van der Waals surface area contributed by atoms with Gasteiger partial charge in [0.15, 0.2) is 0 Å². The predicted molar refractivity (Wildman–Crippen MR) is 82.2 cm³/mol. The van der Waals surface area contributed by atoms with Gasteiger partial charge in [-0.15, -0.1) is 0 Å². The van der Waals surface area contributed by atoms with Crippen LogP contribution in [0.2, 0.25) is 0 Å². The Morgan fingerprint density at radius 1 is 1.18 bits per heavy atom. The zero-order valence-electron chi connectivity index (χ0n) is 12.4. The molecule has 0 unspecified atom stereocenters. The summed E-state index contributed by atoms with van der Waals surface area (Å²) in [5.41, 5.74) is 0.752. The SMILES string of the molecule is O=S(=O)(Cc1ccccc1)NCC1CCN(CC(F)F)CC1. The Morgan fingerprint density at radius 3 is 2.41 bits per heavy atom. The average Bonchev–Trinajstić information content (AvgIpc) is 2.47. The van der Waals surface area contributed by atoms with Gasteiger partial charge in [-0.1, -0.05) is 30.3 Å². The lowest BCUT2D eigenvalue weighted by Gasteiger charge is -2.31. The molecule has 0 spiro atoms. The molecule has 0 atom stereocenters. The van der Waals surface area contributed by atoms with Gasteiger partial charge >= 0.3 is 0 Å². The van der Waals surface area contributed by atoms with E-state index in [0.717, 1.165) is 18.4 Å². The number of nitrogens with one attached hydrogen (secondary N) is 1. The Balaban J connectivity index is 1.74. The van der Waals surface area contributed by atoms with Crippen LogP contribution in [-0.2, 0) is 15.8 Å². The minimum Gasteiger partial charge on any atom is -0.298 e. The minimum atomic E-state index is -3.35. The fourth-order valence-corrected chi connectivity index (χ4v) is 3.88. The van der Waals surface area contributed by atoms with Gasteiger partial charge in [-0.3, -0.25) is 4.90 Å². The Morgan fingerprint density at radius 2 is 1.82 bits per heavy atom. The van der Waals surface area contributed by atoms with Crippen LogP contribution < -0.4 is 4.72 Å². The van der Waals surface area contributed by atoms with Crippen molar-refractivity contribution in [2.75, 3.05) is 26.2 Å². The third-order valence-electron chi connectivity index (χ3n) is 3.89. The lowest BCUT2D eigenvalue weighted by atomic mass is 9.97. The van der Waals surface area contributed by atoms with Crippen molar-refractivity contribution < 1.29 is 17.2 Å². The first-order valence-corrected chi connectivity index (χ1v) is 9.11. The van der Waals surface area contributed by atoms with Gasteiger partial charge in [0.2, 0.25) is 10.0 Å². The van der Waals surface area contributed by atoms with E-state index in [1.54, 1.807) is 17.0 Å². The first-order chi connectivity index (χ1) is 10.4. The van der Waals surface area contributed by atoms with E-state index in [0.29, 0.717) is 19.6 Å². The average molecular weight is 332 g/mol. The monoisotopic (exact) mass is 332 g/mol. The van der Waals surface area contributed by atoms with Crippen molar-refractivity contribution in [3.63, 3.8) is 0 Å². The molecule has 7 heteroatoms. The molecule has 1 aromatic carbocycles. The first kappa shape index (κ1) is 17.3. The summed E-state index contributed by atoms with van der Waals surface area (Å²) in [4.78, 5) is 1.74. The summed E-state index contributed by atoms with van der Waals surface area (Å²) in [6.07, 6.45) is -0.804. The quantitative estimate of drug-likeness (QED) is 0.832. The van der Waals surface area contributed by atoms with E-state index >= 15 is 0 Å². The Bertz CT molecular complexity index is 544. The van der Waals surface area contributed by atoms with Gasteiger partial charge in [-0.25, -0.2) is 21.9 Å². The molecule has 1 heterocycles. The van der Waals surface area contributed by atoms with Crippen LogP contribution in [0.1, 0.15) is 18.4 Å². The van der Waals surface area contributed by atoms with Crippen LogP contribution in [0.25, 0.3) is 0 Å². The second-order valence-corrected chi connectivity index (χ2v) is 7.54. The summed E-state index contributed by atoms with van der Waals surface area (Å²) >= 11 is 0. The van der Waals surface area contributed by atoms with Crippen LogP contribution in [0.5, 0.6) is 0 Å². The largest absolute Gasteiger partial charge is 0.298 e. The molecule has 0 saturated carbocycles. The van der Waals surface area contributed by atoms with Crippen LogP contribution in [0.4, 0.5) is 8.78 Å². The maximum Gasteiger partial charge on any atom is 0.251 e. The molecular formula is C15H22F2N2O2S. The van der Waals surface area contributed by atoms with Crippen molar-refractivity contribution in [3.8, 4) is 0 Å². The zero-order valence-corrected chi connectivity index (χ0v) is 13.2. The molecule has 1 N–H and O–H groups in total. The number of rotatable bonds is 7. The molecular weight excluding hydrogens is 310 g/mol. The third-order valence-corrected chi connectivity index (χ3v) is 5.21. The number of benzene rings is 1. The molecule has 1 aliphatic rings. The molecule has 1 saturated heterocycles. The maximum absolute atomic E-state index is 12.3. The summed E-state index contributed by atoms with van der Waals surface area (Å²) in [7, 11) is -3.35. The lowest BCUT2D eigenvalue weighted by molar-refractivity contribution is 0.0696. The number of hydrogen-bond acceptors (Lipinski definition) is 3. The molecule has 0 amide bonds. The van der Waals surface area contributed by atoms with Crippen molar-refractivity contribution in [2.45, 2.75) is 25.0 Å². The maximum atomic E-state index is 12.3. The van der Waals surface area contributed by atoms with Crippen LogP contribution in [-0.4, -0.2) is 45.9 Å². The molecule has 0 aromatic heterocycles. The summed E-state index contributed by atoms with van der Waals surface area (Å²) in [5, 5.41) is 0. The van der Waals surface area contributed by atoms with Crippen LogP contribution >= 0.6 is 0 Å². The van der Waals surface area contributed by atoms with E-state index in [2.05, 4.69) is 4.72 Å². The number of likely N-dealkylation sites (tertiary alicyclic amines) is 1. The number of nitrogens with zero attached hydrogens (tertiary/aromatic N) is 1. The molecule has 1 aromatic rings. The number of halogens is 2. The van der Waals surface area contributed by atoms with E-state index in [-0.39, 0.29) is 18.2 Å². The number of hydrogen-bond donors (Lipinski definition) is 1. The standard InChI is InChI=1S/C15H22F2N2O2S/c16-15(17)11-19-8-6-13(7-9-19)10-18-22(20,21)12-14-4-2-1-3-5-14/h1-5,13,15,18H,6-12H2. The summed E-state index contributed by atoms with van der Waals surface area (Å²) in [6.45, 7) is 1.41. The highest BCUT2D eigenvalue weighted by Crippen LogP contribution is 2.17. The highest BCUT2D eigenvalue weighted by Gasteiger charge is 2.22. The highest BCUT2D eigenvalue weighted by molar-refractivity contribution is 7.88. The van der Waals surface area contributed by atoms with Gasteiger partial charge < -0.3 is 0 Å². The van der Waals surface area contributed by atoms with E-state index in [4.69, 9.17) is 0 Å². The topological polar surface area (TPSA) is 49.4 Å². The van der Waals surface area contributed by atoms with Gasteiger partial charge in [0, 0.05) is 6.54 Å². The molecule has 0 bridgehead atoms. The van der Waals surface area contributed by atoms with Gasteiger partial charge in [0.1, 0.15) is 0 Å². The van der Waals surface area contributed by atoms with E-state index in [1.807, 2.05) is 18.2 Å². The van der Waals surface area contributed by atoms with Gasteiger partial charge in [0.05, 0.1) is 12.3 Å². The second kappa shape index (κ2) is 7.99. The predicted octanol–water partition coefficient (Wildman–Crippen LogP) is 2.08. The van der Waals surface area contributed by atoms with Gasteiger partial charge in [0.25, 0.3) is 6.43 Å². The summed E-state index contributed by atoms with van der Waals surface area (Å²) < 4.78 is 51.3. The van der Waals surface area contributed by atoms with E-state index in [1.165, 1.54) is 0 Å². The van der Waals surface area contributed by atoms with Gasteiger partial charge in [-0.2, -0.15) is 0 Å². The van der Waals surface area contributed by atoms with Gasteiger partial charge in [-0.05, 0) is 37.4 Å². The van der Waals surface area contributed by atoms with Crippen molar-refractivity contribution in [2.24, 2.45) is 5.92 Å². The van der Waals surface area contributed by atoms with E-state index < -0.39 is 16.4 Å². The number of alkyl halides is 2. The second-order valence-electron chi connectivity index (χ2n) is 5.73. The molecule has 1 aliphatic heterocycles. The van der Waals surface area contributed by atoms with Crippen molar-refractivity contribution in [1.82, 2.24) is 9.62 Å². The number of sulfonamides is 1. The Labute approximate surface area is 130 Å². The minimum absolute atomic E-state index is 0.0297. The fraction of sp³-hybridized carbons (Fsp3) is 0.600. The third kappa shape index (κ3) is 5.98. The Kier molecular flexibility index (Phi) is 6.28. The zero-order chi connectivity index (χ0) is 16.0. The van der Waals surface area contributed by atoms with Crippen LogP contribution in [0.3, 0.4) is 0 Å². The van der Waals surface area contributed by atoms with Crippen LogP contribution in [0.15, 0.2) is 30.3 Å². The van der Waals surface area contributed by atoms with Crippen molar-refractivity contribution in [1.29, 1.82) is 0 Å². The molecule has 0 radical (unpaired) electrons. The summed E-state index contributed by atoms with van der Waals surface area (Å²) in [5.74, 6) is 0.192. The van der Waals surface area contributed by atoms with Crippen molar-refractivity contribution >= 4 is 10.0 Å². The Hall–Kier alpha value is -1.05. The number of piperidine rings is 1. The molecule has 0 aliphatic carbocycles. The molecule has 2 rings (SSSR count). The molecule has 4 nitrogen and oxygen atoms in total. The first-order valence-electron chi connectivity index (χ1n) is 7.46. The highest BCUT2D eigenvalue weighted by atomic mass is 32.2. The molecule has 1 fully saturated rings. The van der Waals surface area contributed by atoms with Crippen molar-refractivity contribution in [3.05, 3.63) is 35.9 Å². The lowest BCUT2D eigenvalue weighted by Crippen LogP contribution is -2.40. The molecule has 22 heavy (non-hydrogen) atoms. The normalized spacial score (nSPS) is 18.0. The molecule has 124 valence electrons. The van der Waals surface area contributed by atoms with E-state index in [9.17, 15) is 17.2 Å².